The van der Waals surface area contributed by atoms with Crippen LogP contribution in [0.15, 0.2) is 41.2 Å². The highest BCUT2D eigenvalue weighted by molar-refractivity contribution is 6.12. The number of carbonyl (C=O) groups is 1. The van der Waals surface area contributed by atoms with Crippen LogP contribution in [0.3, 0.4) is 0 Å². The highest BCUT2D eigenvalue weighted by Crippen LogP contribution is 2.26. The van der Waals surface area contributed by atoms with E-state index in [1.807, 2.05) is 4.90 Å². The quantitative estimate of drug-likeness (QED) is 0.830. The van der Waals surface area contributed by atoms with E-state index in [1.54, 1.807) is 42.0 Å². The van der Waals surface area contributed by atoms with Crippen LogP contribution in [0.25, 0.3) is 0 Å². The van der Waals surface area contributed by atoms with E-state index in [9.17, 15) is 14.7 Å². The first kappa shape index (κ1) is 15.3. The Bertz CT molecular complexity index is 780. The van der Waals surface area contributed by atoms with Crippen molar-refractivity contribution in [3.63, 3.8) is 0 Å². The van der Waals surface area contributed by atoms with Gasteiger partial charge in [0, 0.05) is 31.3 Å². The Morgan fingerprint density at radius 2 is 1.91 bits per heavy atom. The minimum absolute atomic E-state index is 0.0285. The number of ketones is 1. The number of fused-ring (bicyclic) bond motifs is 1. The molecule has 0 aliphatic carbocycles. The maximum absolute atomic E-state index is 12.8. The van der Waals surface area contributed by atoms with Crippen LogP contribution in [0.2, 0.25) is 0 Å². The van der Waals surface area contributed by atoms with Gasteiger partial charge in [0.25, 0.3) is 5.56 Å². The van der Waals surface area contributed by atoms with Gasteiger partial charge in [-0.05, 0) is 30.3 Å². The Morgan fingerprint density at radius 1 is 1.17 bits per heavy atom. The molecule has 0 fully saturated rings. The van der Waals surface area contributed by atoms with Crippen molar-refractivity contribution in [1.29, 1.82) is 0 Å². The molecule has 0 atom stereocenters. The second kappa shape index (κ2) is 6.26. The molecule has 0 saturated carbocycles. The lowest BCUT2D eigenvalue weighted by Crippen LogP contribution is -2.27. The van der Waals surface area contributed by atoms with E-state index in [4.69, 9.17) is 4.74 Å². The largest absolute Gasteiger partial charge is 0.497 e. The van der Waals surface area contributed by atoms with Gasteiger partial charge in [-0.2, -0.15) is 0 Å². The van der Waals surface area contributed by atoms with Crippen LogP contribution in [0.1, 0.15) is 15.9 Å². The minimum atomic E-state index is -0.152. The van der Waals surface area contributed by atoms with Gasteiger partial charge in [0.1, 0.15) is 11.6 Å². The van der Waals surface area contributed by atoms with Crippen LogP contribution in [-0.2, 0) is 6.54 Å². The molecule has 2 aromatic rings. The van der Waals surface area contributed by atoms with Crippen molar-refractivity contribution in [2.75, 3.05) is 31.7 Å². The van der Waals surface area contributed by atoms with Gasteiger partial charge in [0.15, 0.2) is 5.78 Å². The monoisotopic (exact) mass is 314 g/mol. The minimum Gasteiger partial charge on any atom is -0.497 e. The van der Waals surface area contributed by atoms with Crippen molar-refractivity contribution in [3.05, 3.63) is 57.9 Å². The van der Waals surface area contributed by atoms with Crippen LogP contribution in [-0.4, -0.2) is 42.3 Å². The summed E-state index contributed by atoms with van der Waals surface area (Å²) in [5, 5.41) is 9.20. The molecule has 2 heterocycles. The van der Waals surface area contributed by atoms with Gasteiger partial charge in [-0.25, -0.2) is 0 Å². The number of aromatic nitrogens is 1. The molecule has 0 saturated heterocycles. The molecule has 6 nitrogen and oxygen atoms in total. The second-order valence-corrected chi connectivity index (χ2v) is 5.33. The molecule has 0 radical (unpaired) electrons. The molecule has 1 aromatic heterocycles. The standard InChI is InChI=1S/C17H18N2O4/c1-23-13-4-2-12(3-5-13)16(22)14-6-7-15(21)19-9-8-18(10-11-20)17(14)19/h2-7,20H,8-11H2,1H3. The molecule has 1 aliphatic rings. The molecular formula is C17H18N2O4. The van der Waals surface area contributed by atoms with E-state index in [1.165, 1.54) is 6.07 Å². The zero-order valence-corrected chi connectivity index (χ0v) is 12.9. The highest BCUT2D eigenvalue weighted by Gasteiger charge is 2.26. The van der Waals surface area contributed by atoms with Crippen LogP contribution in [0, 0.1) is 0 Å². The molecule has 3 rings (SSSR count). The van der Waals surface area contributed by atoms with Crippen molar-refractivity contribution < 1.29 is 14.6 Å². The number of nitrogens with zero attached hydrogens (tertiary/aromatic N) is 2. The van der Waals surface area contributed by atoms with Crippen LogP contribution < -0.4 is 15.2 Å². The van der Waals surface area contributed by atoms with Crippen molar-refractivity contribution in [3.8, 4) is 5.75 Å². The van der Waals surface area contributed by atoms with Gasteiger partial charge in [-0.3, -0.25) is 14.2 Å². The van der Waals surface area contributed by atoms with Crippen LogP contribution in [0.4, 0.5) is 5.82 Å². The first-order valence-electron chi connectivity index (χ1n) is 7.44. The van der Waals surface area contributed by atoms with Gasteiger partial charge in [0.2, 0.25) is 0 Å². The number of aliphatic hydroxyl groups is 1. The number of hydrogen-bond acceptors (Lipinski definition) is 5. The normalized spacial score (nSPS) is 13.0. The maximum Gasteiger partial charge on any atom is 0.252 e. The number of hydrogen-bond donors (Lipinski definition) is 1. The zero-order valence-electron chi connectivity index (χ0n) is 12.9. The second-order valence-electron chi connectivity index (χ2n) is 5.33. The number of carbonyl (C=O) groups excluding carboxylic acids is 1. The Kier molecular flexibility index (Phi) is 4.16. The number of aliphatic hydroxyl groups excluding tert-OH is 1. The fourth-order valence-electron chi connectivity index (χ4n) is 2.87. The fourth-order valence-corrected chi connectivity index (χ4v) is 2.87. The Balaban J connectivity index is 2.04. The van der Waals surface area contributed by atoms with E-state index < -0.39 is 0 Å². The molecule has 6 heteroatoms. The van der Waals surface area contributed by atoms with E-state index >= 15 is 0 Å². The summed E-state index contributed by atoms with van der Waals surface area (Å²) in [5.74, 6) is 1.12. The lowest BCUT2D eigenvalue weighted by atomic mass is 10.0. The van der Waals surface area contributed by atoms with E-state index in [-0.39, 0.29) is 17.9 Å². The van der Waals surface area contributed by atoms with Crippen LogP contribution >= 0.6 is 0 Å². The summed E-state index contributed by atoms with van der Waals surface area (Å²) >= 11 is 0. The summed E-state index contributed by atoms with van der Waals surface area (Å²) in [6.45, 7) is 1.51. The van der Waals surface area contributed by atoms with Crippen molar-refractivity contribution in [2.24, 2.45) is 0 Å². The van der Waals surface area contributed by atoms with Crippen molar-refractivity contribution in [1.82, 2.24) is 4.57 Å². The smallest absolute Gasteiger partial charge is 0.252 e. The molecule has 1 N–H and O–H groups in total. The van der Waals surface area contributed by atoms with Crippen molar-refractivity contribution in [2.45, 2.75) is 6.54 Å². The third-order valence-corrected chi connectivity index (χ3v) is 4.01. The first-order chi connectivity index (χ1) is 11.2. The number of methoxy groups -OCH3 is 1. The highest BCUT2D eigenvalue weighted by atomic mass is 16.5. The average molecular weight is 314 g/mol. The summed E-state index contributed by atoms with van der Waals surface area (Å²) in [6.07, 6.45) is 0. The summed E-state index contributed by atoms with van der Waals surface area (Å²) in [6, 6.07) is 9.85. The maximum atomic E-state index is 12.8. The summed E-state index contributed by atoms with van der Waals surface area (Å²) in [7, 11) is 1.57. The molecule has 0 amide bonds. The zero-order chi connectivity index (χ0) is 16.4. The Morgan fingerprint density at radius 3 is 2.57 bits per heavy atom. The van der Waals surface area contributed by atoms with Gasteiger partial charge in [0.05, 0.1) is 19.3 Å². The fraction of sp³-hybridized carbons (Fsp3) is 0.294. The lowest BCUT2D eigenvalue weighted by Gasteiger charge is -2.19. The summed E-state index contributed by atoms with van der Waals surface area (Å²) < 4.78 is 6.69. The van der Waals surface area contributed by atoms with Gasteiger partial charge < -0.3 is 14.7 Å². The topological polar surface area (TPSA) is 71.8 Å². The number of anilines is 1. The molecule has 23 heavy (non-hydrogen) atoms. The molecule has 0 spiro atoms. The third kappa shape index (κ3) is 2.73. The van der Waals surface area contributed by atoms with Crippen molar-refractivity contribution >= 4 is 11.6 Å². The van der Waals surface area contributed by atoms with E-state index in [0.717, 1.165) is 0 Å². The number of pyridine rings is 1. The first-order valence-corrected chi connectivity index (χ1v) is 7.44. The Labute approximate surface area is 133 Å². The van der Waals surface area contributed by atoms with E-state index in [0.29, 0.717) is 42.3 Å². The molecule has 1 aliphatic heterocycles. The van der Waals surface area contributed by atoms with Gasteiger partial charge in [-0.15, -0.1) is 0 Å². The summed E-state index contributed by atoms with van der Waals surface area (Å²) in [5.41, 5.74) is 0.871. The molecular weight excluding hydrogens is 296 g/mol. The average Bonchev–Trinajstić information content (AvgIpc) is 3.00. The number of ether oxygens (including phenoxy) is 1. The number of β-amino-alcohol motifs (C(OH)–C–C–N with tert-alkyl or cyclic N) is 1. The predicted octanol–water partition coefficient (Wildman–Crippen LogP) is 0.900. The Hall–Kier alpha value is -2.60. The predicted molar refractivity (Wildman–Crippen MR) is 86.4 cm³/mol. The molecule has 1 aromatic carbocycles. The molecule has 0 bridgehead atoms. The van der Waals surface area contributed by atoms with E-state index in [2.05, 4.69) is 0 Å². The number of benzene rings is 1. The SMILES string of the molecule is COc1ccc(C(=O)c2ccc(=O)n3c2N(CCO)CC3)cc1. The summed E-state index contributed by atoms with van der Waals surface area (Å²) in [4.78, 5) is 26.7. The van der Waals surface area contributed by atoms with Gasteiger partial charge in [-0.1, -0.05) is 0 Å². The number of rotatable bonds is 5. The molecule has 0 unspecified atom stereocenters. The molecule has 120 valence electrons. The third-order valence-electron chi connectivity index (χ3n) is 4.01. The van der Waals surface area contributed by atoms with Gasteiger partial charge >= 0.3 is 0 Å². The lowest BCUT2D eigenvalue weighted by molar-refractivity contribution is 0.103. The van der Waals surface area contributed by atoms with Crippen LogP contribution in [0.5, 0.6) is 5.75 Å².